The van der Waals surface area contributed by atoms with Crippen molar-refractivity contribution in [2.24, 2.45) is 5.41 Å². The zero-order valence-corrected chi connectivity index (χ0v) is 12.0. The maximum absolute atomic E-state index is 11.4. The van der Waals surface area contributed by atoms with Gasteiger partial charge in [-0.15, -0.1) is 0 Å². The van der Waals surface area contributed by atoms with Crippen molar-refractivity contribution in [1.82, 2.24) is 5.32 Å². The van der Waals surface area contributed by atoms with E-state index >= 15 is 0 Å². The molecular weight excluding hydrogens is 246 g/mol. The smallest absolute Gasteiger partial charge is 0.374 e. The molecular formula is C14H23NO4. The lowest BCUT2D eigenvalue weighted by atomic mass is 9.89. The number of carbonyl (C=O) groups is 1. The number of aliphatic hydroxyl groups is 1. The van der Waals surface area contributed by atoms with Gasteiger partial charge in [-0.25, -0.2) is 4.79 Å². The third-order valence-corrected chi connectivity index (χ3v) is 2.66. The average Bonchev–Trinajstić information content (AvgIpc) is 2.74. The van der Waals surface area contributed by atoms with Gasteiger partial charge in [0.25, 0.3) is 0 Å². The van der Waals surface area contributed by atoms with Crippen molar-refractivity contribution in [1.29, 1.82) is 0 Å². The minimum absolute atomic E-state index is 0.0912. The zero-order chi connectivity index (χ0) is 14.5. The van der Waals surface area contributed by atoms with Crippen LogP contribution in [0.3, 0.4) is 0 Å². The van der Waals surface area contributed by atoms with Crippen LogP contribution in [0, 0.1) is 5.41 Å². The fourth-order valence-corrected chi connectivity index (χ4v) is 1.90. The molecule has 108 valence electrons. The highest BCUT2D eigenvalue weighted by Gasteiger charge is 2.18. The number of rotatable bonds is 6. The molecule has 0 radical (unpaired) electrons. The third-order valence-electron chi connectivity index (χ3n) is 2.66. The molecule has 0 saturated carbocycles. The van der Waals surface area contributed by atoms with Crippen LogP contribution in [0.4, 0.5) is 0 Å². The molecule has 0 saturated heterocycles. The quantitative estimate of drug-likeness (QED) is 0.772. The van der Waals surface area contributed by atoms with Crippen LogP contribution in [0.25, 0.3) is 0 Å². The molecule has 0 spiro atoms. The Morgan fingerprint density at radius 1 is 1.53 bits per heavy atom. The minimum Gasteiger partial charge on any atom is -0.463 e. The number of furan rings is 1. The van der Waals surface area contributed by atoms with Gasteiger partial charge in [0.2, 0.25) is 5.76 Å². The fourth-order valence-electron chi connectivity index (χ4n) is 1.90. The Morgan fingerprint density at radius 2 is 2.21 bits per heavy atom. The third kappa shape index (κ3) is 5.44. The number of hydrogen-bond donors (Lipinski definition) is 2. The molecule has 0 fully saturated rings. The van der Waals surface area contributed by atoms with Gasteiger partial charge in [0.05, 0.1) is 19.5 Å². The summed E-state index contributed by atoms with van der Waals surface area (Å²) in [7, 11) is 1.31. The van der Waals surface area contributed by atoms with Crippen molar-refractivity contribution < 1.29 is 19.1 Å². The fraction of sp³-hybridized carbons (Fsp3) is 0.643. The average molecular weight is 269 g/mol. The molecule has 1 aromatic heterocycles. The van der Waals surface area contributed by atoms with Crippen LogP contribution >= 0.6 is 0 Å². The standard InChI is InChI=1S/C14H23NO4/c1-14(2,3)7-11(16)9-15-8-10-5-6-19-12(10)13(17)18-4/h5-6,11,15-16H,7-9H2,1-4H3. The van der Waals surface area contributed by atoms with Crippen molar-refractivity contribution in [3.63, 3.8) is 0 Å². The molecule has 2 N–H and O–H groups in total. The van der Waals surface area contributed by atoms with E-state index in [4.69, 9.17) is 4.42 Å². The number of ether oxygens (including phenoxy) is 1. The molecule has 5 nitrogen and oxygen atoms in total. The number of aliphatic hydroxyl groups excluding tert-OH is 1. The Labute approximate surface area is 113 Å². The predicted molar refractivity (Wildman–Crippen MR) is 71.8 cm³/mol. The maximum atomic E-state index is 11.4. The van der Waals surface area contributed by atoms with E-state index in [0.717, 1.165) is 12.0 Å². The van der Waals surface area contributed by atoms with Gasteiger partial charge in [-0.1, -0.05) is 20.8 Å². The molecule has 0 amide bonds. The number of nitrogens with one attached hydrogen (secondary N) is 1. The molecule has 1 aromatic rings. The first-order valence-electron chi connectivity index (χ1n) is 6.37. The van der Waals surface area contributed by atoms with Crippen LogP contribution < -0.4 is 5.32 Å². The summed E-state index contributed by atoms with van der Waals surface area (Å²) in [5.74, 6) is -0.280. The second kappa shape index (κ2) is 6.73. The highest BCUT2D eigenvalue weighted by atomic mass is 16.5. The highest BCUT2D eigenvalue weighted by molar-refractivity contribution is 5.87. The lowest BCUT2D eigenvalue weighted by Crippen LogP contribution is -2.30. The van der Waals surface area contributed by atoms with E-state index in [1.54, 1.807) is 6.07 Å². The molecule has 0 bridgehead atoms. The molecule has 0 aliphatic rings. The molecule has 0 aliphatic heterocycles. The Morgan fingerprint density at radius 3 is 2.79 bits per heavy atom. The van der Waals surface area contributed by atoms with Gasteiger partial charge in [0, 0.05) is 18.7 Å². The van der Waals surface area contributed by atoms with E-state index < -0.39 is 12.1 Å². The van der Waals surface area contributed by atoms with Crippen molar-refractivity contribution in [2.75, 3.05) is 13.7 Å². The van der Waals surface area contributed by atoms with E-state index in [-0.39, 0.29) is 11.2 Å². The summed E-state index contributed by atoms with van der Waals surface area (Å²) < 4.78 is 9.70. The Hall–Kier alpha value is -1.33. The first-order valence-corrected chi connectivity index (χ1v) is 6.37. The van der Waals surface area contributed by atoms with E-state index in [1.165, 1.54) is 13.4 Å². The summed E-state index contributed by atoms with van der Waals surface area (Å²) in [6, 6.07) is 1.72. The number of carbonyl (C=O) groups excluding carboxylic acids is 1. The first-order chi connectivity index (χ1) is 8.83. The van der Waals surface area contributed by atoms with E-state index in [9.17, 15) is 9.90 Å². The SMILES string of the molecule is COC(=O)c1occc1CNCC(O)CC(C)(C)C. The lowest BCUT2D eigenvalue weighted by molar-refractivity contribution is 0.0563. The molecule has 19 heavy (non-hydrogen) atoms. The van der Waals surface area contributed by atoms with Crippen LogP contribution in [0.5, 0.6) is 0 Å². The topological polar surface area (TPSA) is 71.7 Å². The Balaban J connectivity index is 2.41. The second-order valence-corrected chi connectivity index (χ2v) is 5.82. The van der Waals surface area contributed by atoms with Crippen molar-refractivity contribution in [3.8, 4) is 0 Å². The van der Waals surface area contributed by atoms with Gasteiger partial charge in [-0.3, -0.25) is 0 Å². The normalized spacial score (nSPS) is 13.3. The molecule has 1 heterocycles. The van der Waals surface area contributed by atoms with Crippen LogP contribution in [-0.2, 0) is 11.3 Å². The van der Waals surface area contributed by atoms with Gasteiger partial charge < -0.3 is 19.6 Å². The van der Waals surface area contributed by atoms with Gasteiger partial charge in [-0.2, -0.15) is 0 Å². The molecule has 1 unspecified atom stereocenters. The van der Waals surface area contributed by atoms with E-state index in [0.29, 0.717) is 13.1 Å². The van der Waals surface area contributed by atoms with Gasteiger partial charge >= 0.3 is 5.97 Å². The minimum atomic E-state index is -0.489. The summed E-state index contributed by atoms with van der Waals surface area (Å²) >= 11 is 0. The molecule has 1 atom stereocenters. The molecule has 0 aromatic carbocycles. The largest absolute Gasteiger partial charge is 0.463 e. The maximum Gasteiger partial charge on any atom is 0.374 e. The van der Waals surface area contributed by atoms with Crippen molar-refractivity contribution in [2.45, 2.75) is 39.8 Å². The molecule has 5 heteroatoms. The summed E-state index contributed by atoms with van der Waals surface area (Å²) in [5.41, 5.74) is 0.822. The summed E-state index contributed by atoms with van der Waals surface area (Å²) in [6.45, 7) is 7.19. The van der Waals surface area contributed by atoms with Crippen LogP contribution in [0.2, 0.25) is 0 Å². The Bertz CT molecular complexity index is 406. The van der Waals surface area contributed by atoms with Crippen LogP contribution in [0.1, 0.15) is 43.3 Å². The summed E-state index contributed by atoms with van der Waals surface area (Å²) in [4.78, 5) is 11.4. The van der Waals surface area contributed by atoms with Gasteiger partial charge in [0.15, 0.2) is 0 Å². The number of hydrogen-bond acceptors (Lipinski definition) is 5. The lowest BCUT2D eigenvalue weighted by Gasteiger charge is -2.22. The van der Waals surface area contributed by atoms with E-state index in [2.05, 4.69) is 30.8 Å². The summed E-state index contributed by atoms with van der Waals surface area (Å²) in [6.07, 6.45) is 1.76. The number of methoxy groups -OCH3 is 1. The monoisotopic (exact) mass is 269 g/mol. The first kappa shape index (κ1) is 15.7. The molecule has 0 aliphatic carbocycles. The Kier molecular flexibility index (Phi) is 5.57. The highest BCUT2D eigenvalue weighted by Crippen LogP contribution is 2.20. The summed E-state index contributed by atoms with van der Waals surface area (Å²) in [5, 5.41) is 13.0. The second-order valence-electron chi connectivity index (χ2n) is 5.82. The van der Waals surface area contributed by atoms with Crippen LogP contribution in [-0.4, -0.2) is 30.8 Å². The predicted octanol–water partition coefficient (Wildman–Crippen LogP) is 1.95. The van der Waals surface area contributed by atoms with Crippen LogP contribution in [0.15, 0.2) is 16.7 Å². The van der Waals surface area contributed by atoms with Crippen molar-refractivity contribution in [3.05, 3.63) is 23.7 Å². The van der Waals surface area contributed by atoms with Crippen molar-refractivity contribution >= 4 is 5.97 Å². The van der Waals surface area contributed by atoms with Gasteiger partial charge in [0.1, 0.15) is 0 Å². The zero-order valence-electron chi connectivity index (χ0n) is 12.0. The van der Waals surface area contributed by atoms with E-state index in [1.807, 2.05) is 0 Å². The van der Waals surface area contributed by atoms with Gasteiger partial charge in [-0.05, 0) is 17.9 Å². The number of esters is 1. The molecule has 1 rings (SSSR count).